The standard InChI is InChI=1S/C17H16O3/c18-16(14-7-3-1-4-8-14)13-17(19-11-12-20-17)15-9-5-2-6-10-15/h1-10H,11-13H2. The first kappa shape index (κ1) is 13.0. The number of Topliss-reactive ketones (excluding diaryl/α,β-unsaturated/α-hetero) is 1. The Hall–Kier alpha value is -1.97. The van der Waals surface area contributed by atoms with Crippen LogP contribution in [0.2, 0.25) is 0 Å². The average Bonchev–Trinajstić information content (AvgIpc) is 2.99. The van der Waals surface area contributed by atoms with E-state index in [1.54, 1.807) is 0 Å². The third-order valence-electron chi connectivity index (χ3n) is 3.46. The lowest BCUT2D eigenvalue weighted by Gasteiger charge is -2.27. The first-order chi connectivity index (χ1) is 9.80. The number of carbonyl (C=O) groups excluding carboxylic acids is 1. The predicted molar refractivity (Wildman–Crippen MR) is 75.4 cm³/mol. The highest BCUT2D eigenvalue weighted by atomic mass is 16.7. The fraction of sp³-hybridized carbons (Fsp3) is 0.235. The highest BCUT2D eigenvalue weighted by Gasteiger charge is 2.40. The molecule has 1 aliphatic rings. The zero-order valence-electron chi connectivity index (χ0n) is 11.1. The van der Waals surface area contributed by atoms with E-state index < -0.39 is 5.79 Å². The van der Waals surface area contributed by atoms with Gasteiger partial charge < -0.3 is 9.47 Å². The third kappa shape index (κ3) is 2.50. The van der Waals surface area contributed by atoms with Gasteiger partial charge in [0.25, 0.3) is 0 Å². The van der Waals surface area contributed by atoms with Crippen molar-refractivity contribution in [2.45, 2.75) is 12.2 Å². The summed E-state index contributed by atoms with van der Waals surface area (Å²) >= 11 is 0. The van der Waals surface area contributed by atoms with Crippen LogP contribution in [0.3, 0.4) is 0 Å². The maximum Gasteiger partial charge on any atom is 0.202 e. The molecule has 0 aliphatic carbocycles. The van der Waals surface area contributed by atoms with Crippen molar-refractivity contribution >= 4 is 5.78 Å². The summed E-state index contributed by atoms with van der Waals surface area (Å²) < 4.78 is 11.6. The first-order valence-corrected chi connectivity index (χ1v) is 6.72. The van der Waals surface area contributed by atoms with Gasteiger partial charge in [0.2, 0.25) is 5.79 Å². The van der Waals surface area contributed by atoms with Crippen molar-refractivity contribution < 1.29 is 14.3 Å². The lowest BCUT2D eigenvalue weighted by Crippen LogP contribution is -2.30. The van der Waals surface area contributed by atoms with E-state index in [1.165, 1.54) is 0 Å². The molecule has 102 valence electrons. The van der Waals surface area contributed by atoms with Crippen LogP contribution >= 0.6 is 0 Å². The van der Waals surface area contributed by atoms with Crippen LogP contribution in [0, 0.1) is 0 Å². The topological polar surface area (TPSA) is 35.5 Å². The molecule has 1 fully saturated rings. The molecule has 0 saturated carbocycles. The van der Waals surface area contributed by atoms with Crippen LogP contribution in [0.5, 0.6) is 0 Å². The number of benzene rings is 2. The van der Waals surface area contributed by atoms with E-state index in [1.807, 2.05) is 60.7 Å². The van der Waals surface area contributed by atoms with E-state index in [-0.39, 0.29) is 12.2 Å². The summed E-state index contributed by atoms with van der Waals surface area (Å²) in [4.78, 5) is 12.4. The molecule has 0 amide bonds. The van der Waals surface area contributed by atoms with Crippen LogP contribution in [0.4, 0.5) is 0 Å². The minimum absolute atomic E-state index is 0.0244. The zero-order valence-corrected chi connectivity index (χ0v) is 11.1. The molecule has 0 aromatic heterocycles. The number of hydrogen-bond acceptors (Lipinski definition) is 3. The summed E-state index contributed by atoms with van der Waals surface area (Å²) in [5.41, 5.74) is 1.57. The van der Waals surface area contributed by atoms with E-state index in [9.17, 15) is 4.79 Å². The van der Waals surface area contributed by atoms with Gasteiger partial charge in [-0.25, -0.2) is 0 Å². The highest BCUT2D eigenvalue weighted by molar-refractivity contribution is 5.96. The van der Waals surface area contributed by atoms with Gasteiger partial charge >= 0.3 is 0 Å². The summed E-state index contributed by atoms with van der Waals surface area (Å²) in [6.45, 7) is 1.02. The molecule has 3 rings (SSSR count). The van der Waals surface area contributed by atoms with Crippen LogP contribution < -0.4 is 0 Å². The Kier molecular flexibility index (Phi) is 3.63. The monoisotopic (exact) mass is 268 g/mol. The van der Waals surface area contributed by atoms with Gasteiger partial charge in [-0.2, -0.15) is 0 Å². The minimum Gasteiger partial charge on any atom is -0.343 e. The van der Waals surface area contributed by atoms with E-state index in [0.29, 0.717) is 18.8 Å². The second-order valence-electron chi connectivity index (χ2n) is 4.78. The molecule has 0 unspecified atom stereocenters. The van der Waals surface area contributed by atoms with Gasteiger partial charge in [0.05, 0.1) is 19.6 Å². The summed E-state index contributed by atoms with van der Waals surface area (Å²) in [5, 5.41) is 0. The van der Waals surface area contributed by atoms with Gasteiger partial charge in [-0.1, -0.05) is 60.7 Å². The van der Waals surface area contributed by atoms with Crippen molar-refractivity contribution in [3.8, 4) is 0 Å². The Morgan fingerprint density at radius 2 is 1.45 bits per heavy atom. The number of hydrogen-bond donors (Lipinski definition) is 0. The molecule has 2 aromatic carbocycles. The number of ketones is 1. The SMILES string of the molecule is O=C(CC1(c2ccccc2)OCCO1)c1ccccc1. The Bertz CT molecular complexity index is 572. The fourth-order valence-corrected chi connectivity index (χ4v) is 2.46. The molecule has 1 heterocycles. The van der Waals surface area contributed by atoms with Crippen molar-refractivity contribution in [3.05, 3.63) is 71.8 Å². The molecule has 2 aromatic rings. The first-order valence-electron chi connectivity index (χ1n) is 6.72. The lowest BCUT2D eigenvalue weighted by atomic mass is 9.97. The third-order valence-corrected chi connectivity index (χ3v) is 3.46. The van der Waals surface area contributed by atoms with E-state index in [0.717, 1.165) is 5.56 Å². The zero-order chi connectivity index (χ0) is 13.8. The molecule has 20 heavy (non-hydrogen) atoms. The Balaban J connectivity index is 1.87. The average molecular weight is 268 g/mol. The number of rotatable bonds is 4. The van der Waals surface area contributed by atoms with Gasteiger partial charge in [0.15, 0.2) is 5.78 Å². The molecule has 1 saturated heterocycles. The molecular formula is C17H16O3. The second-order valence-corrected chi connectivity index (χ2v) is 4.78. The molecule has 0 atom stereocenters. The summed E-state index contributed by atoms with van der Waals surface area (Å²) in [6.07, 6.45) is 0.195. The van der Waals surface area contributed by atoms with Crippen LogP contribution in [-0.2, 0) is 15.3 Å². The Labute approximate surface area is 118 Å². The fourth-order valence-electron chi connectivity index (χ4n) is 2.46. The second kappa shape index (κ2) is 5.57. The van der Waals surface area contributed by atoms with E-state index >= 15 is 0 Å². The van der Waals surface area contributed by atoms with Gasteiger partial charge in [0.1, 0.15) is 0 Å². The quantitative estimate of drug-likeness (QED) is 0.799. The van der Waals surface area contributed by atoms with Crippen LogP contribution in [0.15, 0.2) is 60.7 Å². The molecule has 0 bridgehead atoms. The van der Waals surface area contributed by atoms with Gasteiger partial charge in [0, 0.05) is 11.1 Å². The molecule has 0 N–H and O–H groups in total. The van der Waals surface area contributed by atoms with E-state index in [2.05, 4.69) is 0 Å². The molecular weight excluding hydrogens is 252 g/mol. The maximum absolute atomic E-state index is 12.4. The normalized spacial score (nSPS) is 17.0. The molecule has 0 radical (unpaired) electrons. The summed E-state index contributed by atoms with van der Waals surface area (Å²) in [6, 6.07) is 18.9. The Morgan fingerprint density at radius 3 is 2.05 bits per heavy atom. The van der Waals surface area contributed by atoms with Gasteiger partial charge in [-0.05, 0) is 0 Å². The smallest absolute Gasteiger partial charge is 0.202 e. The molecule has 3 heteroatoms. The van der Waals surface area contributed by atoms with Crippen LogP contribution in [0.1, 0.15) is 22.3 Å². The van der Waals surface area contributed by atoms with Crippen molar-refractivity contribution in [1.29, 1.82) is 0 Å². The lowest BCUT2D eigenvalue weighted by molar-refractivity contribution is -0.162. The van der Waals surface area contributed by atoms with Crippen molar-refractivity contribution in [1.82, 2.24) is 0 Å². The van der Waals surface area contributed by atoms with Crippen LogP contribution in [-0.4, -0.2) is 19.0 Å². The summed E-state index contributed by atoms with van der Waals surface area (Å²) in [5.74, 6) is -0.912. The van der Waals surface area contributed by atoms with Gasteiger partial charge in [-0.3, -0.25) is 4.79 Å². The van der Waals surface area contributed by atoms with Gasteiger partial charge in [-0.15, -0.1) is 0 Å². The number of ether oxygens (including phenoxy) is 2. The Morgan fingerprint density at radius 1 is 0.900 bits per heavy atom. The van der Waals surface area contributed by atoms with Crippen LogP contribution in [0.25, 0.3) is 0 Å². The van der Waals surface area contributed by atoms with E-state index in [4.69, 9.17) is 9.47 Å². The largest absolute Gasteiger partial charge is 0.343 e. The van der Waals surface area contributed by atoms with Crippen molar-refractivity contribution in [3.63, 3.8) is 0 Å². The molecule has 1 aliphatic heterocycles. The van der Waals surface area contributed by atoms with Crippen molar-refractivity contribution in [2.24, 2.45) is 0 Å². The number of carbonyl (C=O) groups is 1. The minimum atomic E-state index is -0.936. The highest BCUT2D eigenvalue weighted by Crippen LogP contribution is 2.35. The predicted octanol–water partition coefficient (Wildman–Crippen LogP) is 3.16. The van der Waals surface area contributed by atoms with Crippen molar-refractivity contribution in [2.75, 3.05) is 13.2 Å². The maximum atomic E-state index is 12.4. The molecule has 3 nitrogen and oxygen atoms in total. The summed E-state index contributed by atoms with van der Waals surface area (Å²) in [7, 11) is 0. The molecule has 0 spiro atoms.